The highest BCUT2D eigenvalue weighted by Crippen LogP contribution is 2.39. The molecule has 156 valence electrons. The summed E-state index contributed by atoms with van der Waals surface area (Å²) in [4.78, 5) is 2.53. The maximum Gasteiger partial charge on any atom is 0.161 e. The summed E-state index contributed by atoms with van der Waals surface area (Å²) in [5.74, 6) is 2.51. The van der Waals surface area contributed by atoms with Gasteiger partial charge in [-0.1, -0.05) is 48.5 Å². The van der Waals surface area contributed by atoms with Crippen molar-refractivity contribution in [3.05, 3.63) is 89.5 Å². The van der Waals surface area contributed by atoms with Gasteiger partial charge in [-0.15, -0.1) is 0 Å². The van der Waals surface area contributed by atoms with Gasteiger partial charge in [-0.2, -0.15) is 0 Å². The van der Waals surface area contributed by atoms with Gasteiger partial charge in [0.2, 0.25) is 0 Å². The molecule has 3 aromatic carbocycles. The number of hydrogen-bond donors (Lipinski definition) is 0. The van der Waals surface area contributed by atoms with E-state index in [1.807, 2.05) is 30.3 Å². The Morgan fingerprint density at radius 2 is 1.53 bits per heavy atom. The van der Waals surface area contributed by atoms with Crippen LogP contribution in [0.4, 0.5) is 0 Å². The lowest BCUT2D eigenvalue weighted by Crippen LogP contribution is -2.39. The molecule has 1 aliphatic rings. The first-order chi connectivity index (χ1) is 14.8. The molecule has 1 aliphatic heterocycles. The van der Waals surface area contributed by atoms with Crippen molar-refractivity contribution >= 4 is 0 Å². The minimum absolute atomic E-state index is 0.273. The monoisotopic (exact) mass is 403 g/mol. The lowest BCUT2D eigenvalue weighted by molar-refractivity contribution is 0.149. The van der Waals surface area contributed by atoms with Crippen LogP contribution in [0.1, 0.15) is 22.7 Å². The molecule has 0 fully saturated rings. The Morgan fingerprint density at radius 1 is 0.867 bits per heavy atom. The molecule has 4 heteroatoms. The molecular formula is C26H29NO3. The molecule has 0 bridgehead atoms. The van der Waals surface area contributed by atoms with Gasteiger partial charge in [0.05, 0.1) is 14.2 Å². The van der Waals surface area contributed by atoms with Crippen molar-refractivity contribution in [2.75, 3.05) is 33.9 Å². The van der Waals surface area contributed by atoms with E-state index >= 15 is 0 Å². The Morgan fingerprint density at radius 3 is 2.23 bits per heavy atom. The highest BCUT2D eigenvalue weighted by atomic mass is 16.5. The van der Waals surface area contributed by atoms with E-state index in [-0.39, 0.29) is 6.04 Å². The topological polar surface area (TPSA) is 30.9 Å². The van der Waals surface area contributed by atoms with Crippen LogP contribution in [0.3, 0.4) is 0 Å². The number of fused-ring (bicyclic) bond motifs is 1. The molecule has 1 unspecified atom stereocenters. The van der Waals surface area contributed by atoms with Gasteiger partial charge in [0, 0.05) is 19.1 Å². The molecule has 0 aromatic heterocycles. The second kappa shape index (κ2) is 9.68. The van der Waals surface area contributed by atoms with Crippen molar-refractivity contribution in [2.24, 2.45) is 0 Å². The Balaban J connectivity index is 1.58. The quantitative estimate of drug-likeness (QED) is 0.534. The molecule has 1 atom stereocenters. The van der Waals surface area contributed by atoms with Crippen molar-refractivity contribution < 1.29 is 14.2 Å². The average molecular weight is 404 g/mol. The van der Waals surface area contributed by atoms with Crippen LogP contribution in [-0.2, 0) is 12.8 Å². The molecule has 1 heterocycles. The van der Waals surface area contributed by atoms with E-state index in [2.05, 4.69) is 47.4 Å². The van der Waals surface area contributed by atoms with E-state index in [4.69, 9.17) is 14.2 Å². The van der Waals surface area contributed by atoms with Crippen LogP contribution >= 0.6 is 0 Å². The van der Waals surface area contributed by atoms with Crippen molar-refractivity contribution in [3.63, 3.8) is 0 Å². The van der Waals surface area contributed by atoms with Gasteiger partial charge in [-0.3, -0.25) is 4.90 Å². The third-order valence-corrected chi connectivity index (χ3v) is 5.78. The maximum atomic E-state index is 5.99. The second-order valence-corrected chi connectivity index (χ2v) is 7.56. The Bertz CT molecular complexity index is 943. The fourth-order valence-corrected chi connectivity index (χ4v) is 4.22. The summed E-state index contributed by atoms with van der Waals surface area (Å²) in [5.41, 5.74) is 4.00. The van der Waals surface area contributed by atoms with Gasteiger partial charge in [-0.25, -0.2) is 0 Å². The van der Waals surface area contributed by atoms with Gasteiger partial charge in [-0.05, 0) is 53.8 Å². The number of methoxy groups -OCH3 is 2. The zero-order valence-corrected chi connectivity index (χ0v) is 17.7. The SMILES string of the molecule is COc1cc2c(cc1OC)C(Cc1ccccc1)N(CCOc1ccccc1)CC2. The van der Waals surface area contributed by atoms with Crippen LogP contribution in [0, 0.1) is 0 Å². The highest BCUT2D eigenvalue weighted by molar-refractivity contribution is 5.49. The minimum Gasteiger partial charge on any atom is -0.493 e. The van der Waals surface area contributed by atoms with Gasteiger partial charge in [0.15, 0.2) is 11.5 Å². The first-order valence-corrected chi connectivity index (χ1v) is 10.5. The summed E-state index contributed by atoms with van der Waals surface area (Å²) in [6.07, 6.45) is 1.95. The van der Waals surface area contributed by atoms with E-state index in [0.717, 1.165) is 43.2 Å². The Labute approximate surface area is 179 Å². The molecule has 0 saturated carbocycles. The lowest BCUT2D eigenvalue weighted by atomic mass is 9.88. The Hall–Kier alpha value is -2.98. The molecule has 0 aliphatic carbocycles. The van der Waals surface area contributed by atoms with E-state index < -0.39 is 0 Å². The van der Waals surface area contributed by atoms with E-state index in [1.54, 1.807) is 14.2 Å². The van der Waals surface area contributed by atoms with Crippen LogP contribution in [0.2, 0.25) is 0 Å². The summed E-state index contributed by atoms with van der Waals surface area (Å²) < 4.78 is 17.1. The Kier molecular flexibility index (Phi) is 6.55. The lowest BCUT2D eigenvalue weighted by Gasteiger charge is -2.38. The second-order valence-electron chi connectivity index (χ2n) is 7.56. The first kappa shape index (κ1) is 20.3. The van der Waals surface area contributed by atoms with Crippen molar-refractivity contribution in [1.29, 1.82) is 0 Å². The van der Waals surface area contributed by atoms with Gasteiger partial charge in [0.1, 0.15) is 12.4 Å². The summed E-state index contributed by atoms with van der Waals surface area (Å²) in [5, 5.41) is 0. The van der Waals surface area contributed by atoms with Crippen molar-refractivity contribution in [3.8, 4) is 17.2 Å². The van der Waals surface area contributed by atoms with E-state index in [0.29, 0.717) is 6.61 Å². The summed E-state index contributed by atoms with van der Waals surface area (Å²) in [6.45, 7) is 2.54. The fourth-order valence-electron chi connectivity index (χ4n) is 4.22. The molecule has 30 heavy (non-hydrogen) atoms. The number of ether oxygens (including phenoxy) is 3. The maximum absolute atomic E-state index is 5.99. The number of hydrogen-bond acceptors (Lipinski definition) is 4. The first-order valence-electron chi connectivity index (χ1n) is 10.5. The average Bonchev–Trinajstić information content (AvgIpc) is 2.80. The third-order valence-electron chi connectivity index (χ3n) is 5.78. The molecule has 4 rings (SSSR count). The van der Waals surface area contributed by atoms with E-state index in [1.165, 1.54) is 16.7 Å². The highest BCUT2D eigenvalue weighted by Gasteiger charge is 2.29. The van der Waals surface area contributed by atoms with Crippen LogP contribution in [-0.4, -0.2) is 38.8 Å². The molecule has 0 N–H and O–H groups in total. The van der Waals surface area contributed by atoms with Crippen LogP contribution < -0.4 is 14.2 Å². The third kappa shape index (κ3) is 4.60. The number of nitrogens with zero attached hydrogens (tertiary/aromatic N) is 1. The minimum atomic E-state index is 0.273. The summed E-state index contributed by atoms with van der Waals surface area (Å²) in [7, 11) is 3.40. The summed E-state index contributed by atoms with van der Waals surface area (Å²) >= 11 is 0. The standard InChI is InChI=1S/C26H29NO3/c1-28-25-18-21-13-14-27(15-16-30-22-11-7-4-8-12-22)24(23(21)19-26(25)29-2)17-20-9-5-3-6-10-20/h3-12,18-19,24H,13-17H2,1-2H3. The predicted octanol–water partition coefficient (Wildman–Crippen LogP) is 4.92. The van der Waals surface area contributed by atoms with E-state index in [9.17, 15) is 0 Å². The fraction of sp³-hybridized carbons (Fsp3) is 0.308. The normalized spacial score (nSPS) is 16.0. The predicted molar refractivity (Wildman–Crippen MR) is 120 cm³/mol. The molecule has 0 spiro atoms. The molecule has 0 amide bonds. The summed E-state index contributed by atoms with van der Waals surface area (Å²) in [6, 6.07) is 25.3. The zero-order valence-electron chi connectivity index (χ0n) is 17.7. The van der Waals surface area contributed by atoms with Crippen molar-refractivity contribution in [2.45, 2.75) is 18.9 Å². The molecule has 3 aromatic rings. The molecule has 0 saturated heterocycles. The molecular weight excluding hydrogens is 374 g/mol. The van der Waals surface area contributed by atoms with Gasteiger partial charge < -0.3 is 14.2 Å². The van der Waals surface area contributed by atoms with Gasteiger partial charge >= 0.3 is 0 Å². The van der Waals surface area contributed by atoms with Crippen LogP contribution in [0.25, 0.3) is 0 Å². The van der Waals surface area contributed by atoms with Gasteiger partial charge in [0.25, 0.3) is 0 Å². The number of benzene rings is 3. The van der Waals surface area contributed by atoms with Crippen molar-refractivity contribution in [1.82, 2.24) is 4.90 Å². The molecule has 4 nitrogen and oxygen atoms in total. The molecule has 0 radical (unpaired) electrons. The zero-order chi connectivity index (χ0) is 20.8. The number of rotatable bonds is 8. The smallest absolute Gasteiger partial charge is 0.161 e. The van der Waals surface area contributed by atoms with Crippen LogP contribution in [0.15, 0.2) is 72.8 Å². The largest absolute Gasteiger partial charge is 0.493 e. The number of para-hydroxylation sites is 1. The van der Waals surface area contributed by atoms with Crippen LogP contribution in [0.5, 0.6) is 17.2 Å².